The number of phenols is 2. The van der Waals surface area contributed by atoms with E-state index < -0.39 is 38.8 Å². The predicted octanol–water partition coefficient (Wildman–Crippen LogP) is 3.65. The molecule has 25 heavy (non-hydrogen) atoms. The summed E-state index contributed by atoms with van der Waals surface area (Å²) in [4.78, 5) is 13.9. The molecule has 11 heteroatoms. The van der Waals surface area contributed by atoms with Crippen molar-refractivity contribution in [1.82, 2.24) is 10.1 Å². The Morgan fingerprint density at radius 3 is 2.56 bits per heavy atom. The minimum absolute atomic E-state index is 0.0857. The SMILES string of the molecule is O=[N+]([O-])c1c(O)c(O)cc(-c2nc(-c3ccc(F)c(F)c3)no2)c1Cl. The van der Waals surface area contributed by atoms with Gasteiger partial charge in [0.1, 0.15) is 5.02 Å². The summed E-state index contributed by atoms with van der Waals surface area (Å²) < 4.78 is 31.2. The van der Waals surface area contributed by atoms with Gasteiger partial charge in [-0.3, -0.25) is 10.1 Å². The molecule has 1 heterocycles. The maximum absolute atomic E-state index is 13.3. The number of rotatable bonds is 3. The van der Waals surface area contributed by atoms with Crippen molar-refractivity contribution in [3.8, 4) is 34.3 Å². The summed E-state index contributed by atoms with van der Waals surface area (Å²) in [7, 11) is 0. The number of hydrogen-bond donors (Lipinski definition) is 2. The Labute approximate surface area is 142 Å². The van der Waals surface area contributed by atoms with Crippen molar-refractivity contribution in [2.75, 3.05) is 0 Å². The molecule has 0 aliphatic rings. The van der Waals surface area contributed by atoms with Crippen LogP contribution in [0.15, 0.2) is 28.8 Å². The number of phenolic OH excluding ortho intramolecular Hbond substituents is 2. The highest BCUT2D eigenvalue weighted by molar-refractivity contribution is 6.35. The van der Waals surface area contributed by atoms with E-state index in [1.54, 1.807) is 0 Å². The zero-order valence-corrected chi connectivity index (χ0v) is 12.7. The summed E-state index contributed by atoms with van der Waals surface area (Å²) in [6.07, 6.45) is 0. The summed E-state index contributed by atoms with van der Waals surface area (Å²) in [5.74, 6) is -4.49. The van der Waals surface area contributed by atoms with Gasteiger partial charge >= 0.3 is 5.69 Å². The average molecular weight is 370 g/mol. The van der Waals surface area contributed by atoms with E-state index in [0.29, 0.717) is 0 Å². The Morgan fingerprint density at radius 2 is 1.92 bits per heavy atom. The lowest BCUT2D eigenvalue weighted by Crippen LogP contribution is -1.93. The highest BCUT2D eigenvalue weighted by Gasteiger charge is 2.28. The van der Waals surface area contributed by atoms with E-state index in [1.165, 1.54) is 6.07 Å². The molecule has 0 bridgehead atoms. The van der Waals surface area contributed by atoms with Crippen molar-refractivity contribution in [1.29, 1.82) is 0 Å². The van der Waals surface area contributed by atoms with Gasteiger partial charge in [-0.1, -0.05) is 16.8 Å². The Bertz CT molecular complexity index is 1010. The molecule has 0 saturated carbocycles. The molecule has 0 aliphatic carbocycles. The van der Waals surface area contributed by atoms with E-state index in [2.05, 4.69) is 10.1 Å². The van der Waals surface area contributed by atoms with Gasteiger partial charge < -0.3 is 14.7 Å². The van der Waals surface area contributed by atoms with Gasteiger partial charge in [-0.25, -0.2) is 8.78 Å². The second-order valence-electron chi connectivity index (χ2n) is 4.76. The summed E-state index contributed by atoms with van der Waals surface area (Å²) >= 11 is 5.87. The molecule has 0 radical (unpaired) electrons. The molecule has 1 aromatic heterocycles. The van der Waals surface area contributed by atoms with E-state index in [0.717, 1.165) is 18.2 Å². The van der Waals surface area contributed by atoms with Crippen molar-refractivity contribution in [3.05, 3.63) is 51.0 Å². The third kappa shape index (κ3) is 2.83. The standard InChI is InChI=1S/C14H6ClF2N3O5/c15-10-6(4-9(21)12(22)11(10)20(23)24)14-18-13(19-25-14)5-1-2-7(16)8(17)3-5/h1-4,21-22H. The first-order chi connectivity index (χ1) is 11.8. The van der Waals surface area contributed by atoms with Crippen molar-refractivity contribution >= 4 is 17.3 Å². The van der Waals surface area contributed by atoms with E-state index in [-0.39, 0.29) is 22.8 Å². The summed E-state index contributed by atoms with van der Waals surface area (Å²) in [5.41, 5.74) is -1.07. The molecule has 2 N–H and O–H groups in total. The smallest absolute Gasteiger partial charge is 0.333 e. The Kier molecular flexibility index (Phi) is 3.97. The zero-order valence-electron chi connectivity index (χ0n) is 11.9. The van der Waals surface area contributed by atoms with Gasteiger partial charge in [0.05, 0.1) is 10.5 Å². The van der Waals surface area contributed by atoms with Crippen molar-refractivity contribution in [3.63, 3.8) is 0 Å². The molecular weight excluding hydrogens is 364 g/mol. The minimum Gasteiger partial charge on any atom is -0.504 e. The van der Waals surface area contributed by atoms with Crippen LogP contribution < -0.4 is 0 Å². The fourth-order valence-corrected chi connectivity index (χ4v) is 2.32. The van der Waals surface area contributed by atoms with E-state index in [9.17, 15) is 29.1 Å². The van der Waals surface area contributed by atoms with E-state index in [4.69, 9.17) is 16.1 Å². The van der Waals surface area contributed by atoms with Crippen molar-refractivity contribution in [2.24, 2.45) is 0 Å². The normalized spacial score (nSPS) is 10.8. The monoisotopic (exact) mass is 369 g/mol. The van der Waals surface area contributed by atoms with Gasteiger partial charge in [0, 0.05) is 5.56 Å². The molecule has 8 nitrogen and oxygen atoms in total. The number of nitro benzene ring substituents is 1. The minimum atomic E-state index is -1.13. The van der Waals surface area contributed by atoms with Gasteiger partial charge in [0.25, 0.3) is 5.89 Å². The van der Waals surface area contributed by atoms with Gasteiger partial charge in [-0.15, -0.1) is 0 Å². The van der Waals surface area contributed by atoms with Crippen LogP contribution in [0.25, 0.3) is 22.8 Å². The van der Waals surface area contributed by atoms with Gasteiger partial charge in [0.2, 0.25) is 11.6 Å². The van der Waals surface area contributed by atoms with Crippen molar-refractivity contribution in [2.45, 2.75) is 0 Å². The number of aromatic hydroxyl groups is 2. The molecule has 0 fully saturated rings. The molecular formula is C14H6ClF2N3O5. The highest BCUT2D eigenvalue weighted by Crippen LogP contribution is 2.46. The number of nitrogens with zero attached hydrogens (tertiary/aromatic N) is 3. The highest BCUT2D eigenvalue weighted by atomic mass is 35.5. The predicted molar refractivity (Wildman–Crippen MR) is 80.1 cm³/mol. The second kappa shape index (κ2) is 5.98. The van der Waals surface area contributed by atoms with E-state index in [1.807, 2.05) is 0 Å². The van der Waals surface area contributed by atoms with Crippen LogP contribution in [0.1, 0.15) is 0 Å². The number of aromatic nitrogens is 2. The number of nitro groups is 1. The molecule has 0 atom stereocenters. The van der Waals surface area contributed by atoms with Crippen molar-refractivity contribution < 1.29 is 28.4 Å². The molecule has 128 valence electrons. The molecule has 0 saturated heterocycles. The Hall–Kier alpha value is -3.27. The topological polar surface area (TPSA) is 123 Å². The molecule has 0 amide bonds. The van der Waals surface area contributed by atoms with Crippen LogP contribution >= 0.6 is 11.6 Å². The maximum atomic E-state index is 13.3. The van der Waals surface area contributed by atoms with Crippen LogP contribution in [0.5, 0.6) is 11.5 Å². The number of hydrogen-bond acceptors (Lipinski definition) is 7. The Balaban J connectivity index is 2.11. The summed E-state index contributed by atoms with van der Waals surface area (Å²) in [6, 6.07) is 3.80. The van der Waals surface area contributed by atoms with Crippen LogP contribution in [-0.2, 0) is 0 Å². The summed E-state index contributed by atoms with van der Waals surface area (Å²) in [5, 5.41) is 33.1. The van der Waals surface area contributed by atoms with Crippen LogP contribution in [-0.4, -0.2) is 25.3 Å². The molecule has 2 aromatic carbocycles. The lowest BCUT2D eigenvalue weighted by atomic mass is 10.1. The molecule has 3 rings (SSSR count). The Morgan fingerprint density at radius 1 is 1.20 bits per heavy atom. The fourth-order valence-electron chi connectivity index (χ4n) is 2.03. The van der Waals surface area contributed by atoms with Crippen LogP contribution in [0, 0.1) is 21.7 Å². The molecule has 0 unspecified atom stereocenters. The second-order valence-corrected chi connectivity index (χ2v) is 5.14. The fraction of sp³-hybridized carbons (Fsp3) is 0. The largest absolute Gasteiger partial charge is 0.504 e. The van der Waals surface area contributed by atoms with Gasteiger partial charge in [0.15, 0.2) is 17.4 Å². The van der Waals surface area contributed by atoms with Crippen LogP contribution in [0.3, 0.4) is 0 Å². The van der Waals surface area contributed by atoms with Gasteiger partial charge in [-0.05, 0) is 24.3 Å². The third-order valence-electron chi connectivity index (χ3n) is 3.21. The van der Waals surface area contributed by atoms with Crippen LogP contribution in [0.2, 0.25) is 5.02 Å². The number of halogens is 3. The maximum Gasteiger partial charge on any atom is 0.333 e. The average Bonchev–Trinajstić information content (AvgIpc) is 3.03. The summed E-state index contributed by atoms with van der Waals surface area (Å²) in [6.45, 7) is 0. The molecule has 0 spiro atoms. The first-order valence-electron chi connectivity index (χ1n) is 6.48. The zero-order chi connectivity index (χ0) is 18.3. The van der Waals surface area contributed by atoms with E-state index >= 15 is 0 Å². The first-order valence-corrected chi connectivity index (χ1v) is 6.85. The first kappa shape index (κ1) is 16.6. The molecule has 3 aromatic rings. The quantitative estimate of drug-likeness (QED) is 0.410. The van der Waals surface area contributed by atoms with Crippen LogP contribution in [0.4, 0.5) is 14.5 Å². The lowest BCUT2D eigenvalue weighted by Gasteiger charge is -2.04. The third-order valence-corrected chi connectivity index (χ3v) is 3.59. The van der Waals surface area contributed by atoms with Gasteiger partial charge in [-0.2, -0.15) is 4.98 Å². The number of benzene rings is 2. The molecule has 0 aliphatic heterocycles. The lowest BCUT2D eigenvalue weighted by molar-refractivity contribution is -0.385.